The van der Waals surface area contributed by atoms with Crippen molar-refractivity contribution in [3.05, 3.63) is 35.9 Å². The highest BCUT2D eigenvalue weighted by atomic mass is 19.2. The van der Waals surface area contributed by atoms with Crippen LogP contribution in [0.5, 0.6) is 5.75 Å². The average Bonchev–Trinajstić information content (AvgIpc) is 2.76. The first-order chi connectivity index (χ1) is 11.7. The van der Waals surface area contributed by atoms with Crippen LogP contribution in [0.1, 0.15) is 27.7 Å². The first-order valence-corrected chi connectivity index (χ1v) is 8.05. The summed E-state index contributed by atoms with van der Waals surface area (Å²) in [6.45, 7) is 7.71. The highest BCUT2D eigenvalue weighted by Gasteiger charge is 2.51. The van der Waals surface area contributed by atoms with Crippen molar-refractivity contribution >= 4 is 23.4 Å². The van der Waals surface area contributed by atoms with Gasteiger partial charge in [-0.1, -0.05) is 12.1 Å². The molecule has 0 aliphatic carbocycles. The Morgan fingerprint density at radius 2 is 1.68 bits per heavy atom. The van der Waals surface area contributed by atoms with Gasteiger partial charge in [-0.3, -0.25) is 0 Å². The normalized spacial score (nSPS) is 18.8. The second-order valence-electron chi connectivity index (χ2n) is 7.12. The molecular formula is C18H21BF2O4. The zero-order valence-corrected chi connectivity index (χ0v) is 15.0. The van der Waals surface area contributed by atoms with Crippen LogP contribution in [0.2, 0.25) is 0 Å². The molecule has 0 unspecified atom stereocenters. The van der Waals surface area contributed by atoms with E-state index in [9.17, 15) is 8.78 Å². The molecule has 0 radical (unpaired) electrons. The number of fused-ring (bicyclic) bond motifs is 1. The monoisotopic (exact) mass is 350 g/mol. The van der Waals surface area contributed by atoms with Gasteiger partial charge in [-0.15, -0.1) is 0 Å². The van der Waals surface area contributed by atoms with Crippen LogP contribution in [0.15, 0.2) is 24.3 Å². The molecule has 1 saturated heterocycles. The Balaban J connectivity index is 2.10. The Bertz CT molecular complexity index is 791. The summed E-state index contributed by atoms with van der Waals surface area (Å²) in [7, 11) is 0.824. The summed E-state index contributed by atoms with van der Waals surface area (Å²) < 4.78 is 50.4. The highest BCUT2D eigenvalue weighted by Crippen LogP contribution is 2.37. The van der Waals surface area contributed by atoms with Crippen LogP contribution < -0.4 is 10.2 Å². The molecule has 0 aromatic heterocycles. The summed E-state index contributed by atoms with van der Waals surface area (Å²) in [4.78, 5) is 0. The van der Waals surface area contributed by atoms with E-state index >= 15 is 0 Å². The smallest absolute Gasteiger partial charge is 0.467 e. The number of methoxy groups -OCH3 is 1. The number of halogens is 2. The molecule has 7 heteroatoms. The molecule has 4 nitrogen and oxygen atoms in total. The van der Waals surface area contributed by atoms with E-state index in [4.69, 9.17) is 18.8 Å². The lowest BCUT2D eigenvalue weighted by Crippen LogP contribution is -2.41. The minimum atomic E-state index is -0.955. The van der Waals surface area contributed by atoms with Gasteiger partial charge in [-0.05, 0) is 50.7 Å². The molecule has 0 amide bonds. The van der Waals surface area contributed by atoms with Crippen LogP contribution in [0.25, 0.3) is 10.8 Å². The molecule has 1 heterocycles. The van der Waals surface area contributed by atoms with E-state index in [1.54, 1.807) is 12.1 Å². The van der Waals surface area contributed by atoms with Gasteiger partial charge < -0.3 is 18.8 Å². The zero-order chi connectivity index (χ0) is 18.4. The van der Waals surface area contributed by atoms with E-state index in [0.717, 1.165) is 6.07 Å². The topological polar surface area (TPSA) is 36.9 Å². The van der Waals surface area contributed by atoms with Crippen LogP contribution in [0, 0.1) is 11.6 Å². The number of benzene rings is 2. The Morgan fingerprint density at radius 1 is 1.04 bits per heavy atom. The van der Waals surface area contributed by atoms with Gasteiger partial charge in [0, 0.05) is 7.11 Å². The SMILES string of the molecule is COCOc1cc(B2OC(C)(C)C(C)(C)O2)cc2ccc(F)c(F)c12. The van der Waals surface area contributed by atoms with E-state index in [-0.39, 0.29) is 17.9 Å². The van der Waals surface area contributed by atoms with Crippen LogP contribution in [0.3, 0.4) is 0 Å². The van der Waals surface area contributed by atoms with Crippen molar-refractivity contribution < 1.29 is 27.6 Å². The van der Waals surface area contributed by atoms with Gasteiger partial charge in [0.05, 0.1) is 16.6 Å². The second kappa shape index (κ2) is 6.23. The standard InChI is InChI=1S/C18H21BF2O4/c1-17(2)18(3,4)25-19(24-17)12-8-11-6-7-13(20)16(21)15(11)14(9-12)23-10-22-5/h6-9H,10H2,1-5H3. The largest absolute Gasteiger partial charge is 0.494 e. The third-order valence-electron chi connectivity index (χ3n) is 4.85. The molecule has 0 spiro atoms. The molecule has 2 aromatic rings. The summed E-state index contributed by atoms with van der Waals surface area (Å²) in [5, 5.41) is 0.564. The van der Waals surface area contributed by atoms with Gasteiger partial charge in [-0.25, -0.2) is 8.78 Å². The van der Waals surface area contributed by atoms with Gasteiger partial charge in [0.25, 0.3) is 0 Å². The number of rotatable bonds is 4. The molecule has 0 atom stereocenters. The predicted molar refractivity (Wildman–Crippen MR) is 92.1 cm³/mol. The van der Waals surface area contributed by atoms with E-state index in [2.05, 4.69) is 0 Å². The molecule has 0 saturated carbocycles. The van der Waals surface area contributed by atoms with Gasteiger partial charge >= 0.3 is 7.12 Å². The minimum absolute atomic E-state index is 0.0670. The van der Waals surface area contributed by atoms with Crippen LogP contribution in [0.4, 0.5) is 8.78 Å². The third kappa shape index (κ3) is 3.12. The van der Waals surface area contributed by atoms with Crippen molar-refractivity contribution in [3.63, 3.8) is 0 Å². The molecule has 1 aliphatic rings. The van der Waals surface area contributed by atoms with Gasteiger partial charge in [0.1, 0.15) is 5.75 Å². The molecular weight excluding hydrogens is 329 g/mol. The maximum atomic E-state index is 14.3. The van der Waals surface area contributed by atoms with Crippen molar-refractivity contribution in [1.29, 1.82) is 0 Å². The first-order valence-electron chi connectivity index (χ1n) is 8.05. The maximum absolute atomic E-state index is 14.3. The maximum Gasteiger partial charge on any atom is 0.494 e. The Kier molecular flexibility index (Phi) is 4.51. The van der Waals surface area contributed by atoms with E-state index in [1.807, 2.05) is 27.7 Å². The summed E-state index contributed by atoms with van der Waals surface area (Å²) in [5.41, 5.74) is -0.342. The van der Waals surface area contributed by atoms with Crippen LogP contribution >= 0.6 is 0 Å². The third-order valence-corrected chi connectivity index (χ3v) is 4.85. The quantitative estimate of drug-likeness (QED) is 0.626. The molecule has 134 valence electrons. The fraction of sp³-hybridized carbons (Fsp3) is 0.444. The highest BCUT2D eigenvalue weighted by molar-refractivity contribution is 6.62. The van der Waals surface area contributed by atoms with Gasteiger partial charge in [0.2, 0.25) is 0 Å². The fourth-order valence-corrected chi connectivity index (χ4v) is 2.73. The molecule has 1 aliphatic heterocycles. The van der Waals surface area contributed by atoms with Crippen LogP contribution in [-0.2, 0) is 14.0 Å². The lowest BCUT2D eigenvalue weighted by Gasteiger charge is -2.32. The molecule has 3 rings (SSSR count). The van der Waals surface area contributed by atoms with Crippen molar-refractivity contribution in [2.45, 2.75) is 38.9 Å². The van der Waals surface area contributed by atoms with Crippen molar-refractivity contribution in [3.8, 4) is 5.75 Å². The average molecular weight is 350 g/mol. The van der Waals surface area contributed by atoms with E-state index < -0.39 is 30.0 Å². The molecule has 25 heavy (non-hydrogen) atoms. The molecule has 1 fully saturated rings. The minimum Gasteiger partial charge on any atom is -0.467 e. The fourth-order valence-electron chi connectivity index (χ4n) is 2.73. The van der Waals surface area contributed by atoms with E-state index in [1.165, 1.54) is 13.2 Å². The predicted octanol–water partition coefficient (Wildman–Crippen LogP) is 3.40. The lowest BCUT2D eigenvalue weighted by atomic mass is 9.78. The van der Waals surface area contributed by atoms with Gasteiger partial charge in [-0.2, -0.15) is 0 Å². The summed E-state index contributed by atoms with van der Waals surface area (Å²) in [5.74, 6) is -1.71. The lowest BCUT2D eigenvalue weighted by molar-refractivity contribution is 0.00578. The van der Waals surface area contributed by atoms with E-state index in [0.29, 0.717) is 10.8 Å². The second-order valence-corrected chi connectivity index (χ2v) is 7.12. The van der Waals surface area contributed by atoms with Crippen molar-refractivity contribution in [2.75, 3.05) is 13.9 Å². The summed E-state index contributed by atoms with van der Waals surface area (Å²) >= 11 is 0. The van der Waals surface area contributed by atoms with Crippen molar-refractivity contribution in [2.24, 2.45) is 0 Å². The summed E-state index contributed by atoms with van der Waals surface area (Å²) in [6, 6.07) is 5.92. The zero-order valence-electron chi connectivity index (χ0n) is 15.0. The van der Waals surface area contributed by atoms with Gasteiger partial charge in [0.15, 0.2) is 18.4 Å². The molecule has 0 N–H and O–H groups in total. The first kappa shape index (κ1) is 18.1. The van der Waals surface area contributed by atoms with Crippen molar-refractivity contribution in [1.82, 2.24) is 0 Å². The van der Waals surface area contributed by atoms with Crippen LogP contribution in [-0.4, -0.2) is 32.2 Å². The molecule has 0 bridgehead atoms. The summed E-state index contributed by atoms with van der Waals surface area (Å²) in [6.07, 6.45) is 0. The number of hydrogen-bond donors (Lipinski definition) is 0. The Morgan fingerprint density at radius 3 is 2.28 bits per heavy atom. The Hall–Kier alpha value is -1.70. The Labute approximate surface area is 146 Å². The number of hydrogen-bond acceptors (Lipinski definition) is 4. The number of ether oxygens (including phenoxy) is 2. The molecule has 2 aromatic carbocycles.